The van der Waals surface area contributed by atoms with Crippen molar-refractivity contribution in [1.29, 1.82) is 0 Å². The Kier molecular flexibility index (Phi) is 11.7. The van der Waals surface area contributed by atoms with Gasteiger partial charge in [0.2, 0.25) is 0 Å². The van der Waals surface area contributed by atoms with E-state index in [-0.39, 0.29) is 11.3 Å². The highest BCUT2D eigenvalue weighted by Crippen LogP contribution is 2.57. The molecule has 5 rings (SSSR count). The maximum Gasteiger partial charge on any atom is 0.396 e. The molecule has 4 aliphatic carbocycles. The standard InChI is InChI=1S/C45H59F3/c1-8-10-26-44(27-11-9-2)36(23-25-37-32(6)21-22-34-16-12-14-18-39(34)43(37)45(46,47)48)29-41(30(3)4)33(7)38-24-20-31(5)28-35-17-13-15-19-40(35)42(38)44/h12-19,22-25,28,30-33,39,41,43H,8-11,20-21,26-27,29H2,1-7H3/b35-28-,36-23-,37-25+,38-24+,42-40+/t31?,32?,33?,39?,41-,43?/m0/s1. The highest BCUT2D eigenvalue weighted by atomic mass is 19.4. The second-order valence-electron chi connectivity index (χ2n) is 15.7. The smallest absolute Gasteiger partial charge is 0.170 e. The van der Waals surface area contributed by atoms with E-state index in [4.69, 9.17) is 0 Å². The molecule has 5 unspecified atom stereocenters. The number of rotatable bonds is 8. The summed E-state index contributed by atoms with van der Waals surface area (Å²) in [5.74, 6) is -0.755. The second-order valence-corrected chi connectivity index (χ2v) is 15.7. The molecule has 0 nitrogen and oxygen atoms in total. The van der Waals surface area contributed by atoms with E-state index in [9.17, 15) is 0 Å². The minimum Gasteiger partial charge on any atom is -0.170 e. The minimum absolute atomic E-state index is 0.194. The van der Waals surface area contributed by atoms with Crippen LogP contribution in [0.5, 0.6) is 0 Å². The number of halogens is 3. The third-order valence-electron chi connectivity index (χ3n) is 12.1. The van der Waals surface area contributed by atoms with Gasteiger partial charge in [-0.25, -0.2) is 0 Å². The minimum atomic E-state index is -4.34. The van der Waals surface area contributed by atoms with Crippen molar-refractivity contribution in [2.45, 2.75) is 112 Å². The van der Waals surface area contributed by atoms with E-state index < -0.39 is 18.0 Å². The normalized spacial score (nSPS) is 33.3. The summed E-state index contributed by atoms with van der Waals surface area (Å²) in [4.78, 5) is 0. The molecule has 3 heteroatoms. The molecule has 0 aromatic heterocycles. The van der Waals surface area contributed by atoms with E-state index in [0.717, 1.165) is 56.9 Å². The number of alkyl halides is 3. The predicted octanol–water partition coefficient (Wildman–Crippen LogP) is 12.0. The van der Waals surface area contributed by atoms with Gasteiger partial charge in [-0.05, 0) is 88.9 Å². The van der Waals surface area contributed by atoms with Crippen molar-refractivity contribution in [3.8, 4) is 0 Å². The van der Waals surface area contributed by atoms with Crippen LogP contribution in [0.15, 0.2) is 95.2 Å². The number of benzene rings is 1. The average Bonchev–Trinajstić information content (AvgIpc) is 3.24. The van der Waals surface area contributed by atoms with Gasteiger partial charge in [0.1, 0.15) is 0 Å². The van der Waals surface area contributed by atoms with Crippen LogP contribution in [0.3, 0.4) is 0 Å². The van der Waals surface area contributed by atoms with Crippen LogP contribution in [0.25, 0.3) is 11.6 Å². The average molecular weight is 657 g/mol. The molecule has 1 aromatic rings. The SMILES string of the molecule is CCCCC1(CCCC)/C(=C\C=C2/C(C)CC=C3C=CC=CC3C2C(F)(F)F)C[C@@H](C(C)C)C(C)C2=C/CC(C)/C=c3/cccc/c3=C/21. The van der Waals surface area contributed by atoms with Gasteiger partial charge < -0.3 is 0 Å². The first-order valence-electron chi connectivity index (χ1n) is 19.0. The van der Waals surface area contributed by atoms with Crippen LogP contribution in [0.1, 0.15) is 106 Å². The number of allylic oxidation sites excluding steroid dienone is 12. The van der Waals surface area contributed by atoms with Crippen molar-refractivity contribution in [3.05, 3.63) is 106 Å². The first kappa shape index (κ1) is 36.5. The van der Waals surface area contributed by atoms with E-state index in [2.05, 4.69) is 84.0 Å². The fourth-order valence-electron chi connectivity index (χ4n) is 9.37. The molecule has 6 atom stereocenters. The fraction of sp³-hybridized carbons (Fsp3) is 0.556. The van der Waals surface area contributed by atoms with Gasteiger partial charge in [-0.2, -0.15) is 13.2 Å². The summed E-state index contributed by atoms with van der Waals surface area (Å²) in [6, 6.07) is 8.96. The Hall–Kier alpha value is -2.81. The fourth-order valence-corrected chi connectivity index (χ4v) is 9.37. The summed E-state index contributed by atoms with van der Waals surface area (Å²) >= 11 is 0. The van der Waals surface area contributed by atoms with E-state index in [1.54, 1.807) is 12.2 Å². The van der Waals surface area contributed by atoms with Crippen molar-refractivity contribution < 1.29 is 13.2 Å². The van der Waals surface area contributed by atoms with E-state index in [1.807, 2.05) is 31.2 Å². The Bertz CT molecular complexity index is 1600. The summed E-state index contributed by atoms with van der Waals surface area (Å²) in [5, 5.41) is 2.64. The van der Waals surface area contributed by atoms with Gasteiger partial charge in [0.25, 0.3) is 0 Å². The van der Waals surface area contributed by atoms with Crippen LogP contribution in [-0.4, -0.2) is 6.18 Å². The third kappa shape index (κ3) is 7.36. The van der Waals surface area contributed by atoms with Crippen molar-refractivity contribution in [2.75, 3.05) is 0 Å². The predicted molar refractivity (Wildman–Crippen MR) is 198 cm³/mol. The molecule has 0 bridgehead atoms. The first-order chi connectivity index (χ1) is 22.9. The van der Waals surface area contributed by atoms with Crippen LogP contribution in [-0.2, 0) is 0 Å². The number of unbranched alkanes of at least 4 members (excludes halogenated alkanes) is 2. The molecule has 1 fully saturated rings. The van der Waals surface area contributed by atoms with Crippen LogP contribution in [0.4, 0.5) is 13.2 Å². The molecule has 4 aliphatic rings. The third-order valence-corrected chi connectivity index (χ3v) is 12.1. The zero-order valence-corrected chi connectivity index (χ0v) is 30.5. The number of hydrogen-bond donors (Lipinski definition) is 0. The lowest BCUT2D eigenvalue weighted by Crippen LogP contribution is -2.37. The molecule has 0 amide bonds. The largest absolute Gasteiger partial charge is 0.396 e. The summed E-state index contributed by atoms with van der Waals surface area (Å²) in [5.41, 5.74) is 5.41. The Morgan fingerprint density at radius 3 is 2.29 bits per heavy atom. The summed E-state index contributed by atoms with van der Waals surface area (Å²) in [6.07, 6.45) is 23.2. The molecule has 0 heterocycles. The van der Waals surface area contributed by atoms with E-state index in [0.29, 0.717) is 35.7 Å². The van der Waals surface area contributed by atoms with Crippen LogP contribution >= 0.6 is 0 Å². The molecule has 48 heavy (non-hydrogen) atoms. The maximum absolute atomic E-state index is 15.2. The van der Waals surface area contributed by atoms with Crippen molar-refractivity contribution >= 4 is 11.6 Å². The lowest BCUT2D eigenvalue weighted by molar-refractivity contribution is -0.171. The summed E-state index contributed by atoms with van der Waals surface area (Å²) in [7, 11) is 0. The molecule has 260 valence electrons. The molecule has 0 N–H and O–H groups in total. The van der Waals surface area contributed by atoms with Gasteiger partial charge in [0.15, 0.2) is 0 Å². The second kappa shape index (κ2) is 15.4. The monoisotopic (exact) mass is 656 g/mol. The zero-order valence-electron chi connectivity index (χ0n) is 30.5. The van der Waals surface area contributed by atoms with Crippen molar-refractivity contribution in [3.63, 3.8) is 0 Å². The molecule has 0 saturated heterocycles. The lowest BCUT2D eigenvalue weighted by atomic mass is 9.63. The van der Waals surface area contributed by atoms with Gasteiger partial charge in [-0.1, -0.05) is 164 Å². The van der Waals surface area contributed by atoms with Gasteiger partial charge in [0.05, 0.1) is 5.92 Å². The molecule has 0 radical (unpaired) electrons. The van der Waals surface area contributed by atoms with Crippen LogP contribution < -0.4 is 10.4 Å². The number of hydrogen-bond acceptors (Lipinski definition) is 0. The van der Waals surface area contributed by atoms with E-state index >= 15 is 13.2 Å². The molecule has 1 saturated carbocycles. The lowest BCUT2D eigenvalue weighted by Gasteiger charge is -2.40. The number of fused-ring (bicyclic) bond motifs is 3. The molecule has 0 spiro atoms. The van der Waals surface area contributed by atoms with Gasteiger partial charge in [-0.3, -0.25) is 0 Å². The van der Waals surface area contributed by atoms with Crippen molar-refractivity contribution in [2.24, 2.45) is 46.8 Å². The quantitative estimate of drug-likeness (QED) is 0.261. The summed E-state index contributed by atoms with van der Waals surface area (Å²) < 4.78 is 45.6. The maximum atomic E-state index is 15.2. The highest BCUT2D eigenvalue weighted by Gasteiger charge is 2.49. The van der Waals surface area contributed by atoms with Gasteiger partial charge in [-0.15, -0.1) is 0 Å². The first-order valence-corrected chi connectivity index (χ1v) is 19.0. The van der Waals surface area contributed by atoms with Gasteiger partial charge in [0, 0.05) is 11.3 Å². The van der Waals surface area contributed by atoms with E-state index in [1.165, 1.54) is 27.2 Å². The highest BCUT2D eigenvalue weighted by molar-refractivity contribution is 5.75. The Morgan fingerprint density at radius 2 is 1.62 bits per heavy atom. The Labute approximate surface area is 289 Å². The van der Waals surface area contributed by atoms with Crippen LogP contribution in [0, 0.1) is 46.8 Å². The van der Waals surface area contributed by atoms with Crippen molar-refractivity contribution in [1.82, 2.24) is 0 Å². The molecule has 0 aliphatic heterocycles. The zero-order chi connectivity index (χ0) is 34.6. The topological polar surface area (TPSA) is 0 Å². The Morgan fingerprint density at radius 1 is 0.917 bits per heavy atom. The Balaban J connectivity index is 1.86. The molecular weight excluding hydrogens is 597 g/mol. The van der Waals surface area contributed by atoms with Crippen LogP contribution in [0.2, 0.25) is 0 Å². The summed E-state index contributed by atoms with van der Waals surface area (Å²) in [6.45, 7) is 16.0. The molecule has 1 aromatic carbocycles. The van der Waals surface area contributed by atoms with Gasteiger partial charge >= 0.3 is 6.18 Å². The molecular formula is C45H59F3.